The molecule has 0 bridgehead atoms. The molecule has 1 aromatic heterocycles. The largest absolute Gasteiger partial charge is 0.365 e. The van der Waals surface area contributed by atoms with E-state index in [2.05, 4.69) is 27.9 Å². The molecular formula is C20H15ClN4. The molecule has 0 unspecified atom stereocenters. The number of nitriles is 1. The Hall–Kier alpha value is -3.16. The Balaban J connectivity index is 2.22. The molecule has 3 rings (SSSR count). The summed E-state index contributed by atoms with van der Waals surface area (Å²) in [6.07, 6.45) is 1.72. The molecule has 0 aliphatic heterocycles. The molecule has 0 saturated carbocycles. The van der Waals surface area contributed by atoms with Crippen LogP contribution in [0.3, 0.4) is 0 Å². The van der Waals surface area contributed by atoms with Gasteiger partial charge in [-0.05, 0) is 12.1 Å². The molecule has 0 spiro atoms. The molecule has 0 radical (unpaired) electrons. The predicted molar refractivity (Wildman–Crippen MR) is 101 cm³/mol. The fourth-order valence-corrected chi connectivity index (χ4v) is 2.52. The van der Waals surface area contributed by atoms with Crippen molar-refractivity contribution in [2.24, 2.45) is 0 Å². The maximum Gasteiger partial charge on any atom is 0.162 e. The van der Waals surface area contributed by atoms with Gasteiger partial charge in [0.05, 0.1) is 5.69 Å². The number of hydrogen-bond acceptors (Lipinski definition) is 4. The molecule has 0 atom stereocenters. The first-order valence-electron chi connectivity index (χ1n) is 7.71. The Labute approximate surface area is 151 Å². The van der Waals surface area contributed by atoms with Crippen molar-refractivity contribution in [2.75, 3.05) is 11.9 Å². The first-order chi connectivity index (χ1) is 12.2. The number of nitrogens with one attached hydrogen (secondary N) is 1. The van der Waals surface area contributed by atoms with Gasteiger partial charge < -0.3 is 5.32 Å². The monoisotopic (exact) mass is 346 g/mol. The first-order valence-corrected chi connectivity index (χ1v) is 8.09. The number of hydrogen-bond donors (Lipinski definition) is 1. The van der Waals surface area contributed by atoms with Gasteiger partial charge in [-0.1, -0.05) is 60.1 Å². The van der Waals surface area contributed by atoms with Gasteiger partial charge in [0, 0.05) is 22.7 Å². The summed E-state index contributed by atoms with van der Waals surface area (Å²) in [6.45, 7) is 4.20. The fourth-order valence-electron chi connectivity index (χ4n) is 2.40. The van der Waals surface area contributed by atoms with Crippen LogP contribution in [-0.2, 0) is 0 Å². The summed E-state index contributed by atoms with van der Waals surface area (Å²) in [7, 11) is 0. The quantitative estimate of drug-likeness (QED) is 0.665. The molecule has 5 heteroatoms. The summed E-state index contributed by atoms with van der Waals surface area (Å²) in [5, 5.41) is 13.4. The Morgan fingerprint density at radius 1 is 1.04 bits per heavy atom. The van der Waals surface area contributed by atoms with Gasteiger partial charge in [-0.25, -0.2) is 9.97 Å². The summed E-state index contributed by atoms with van der Waals surface area (Å²) in [5.41, 5.74) is 2.65. The third-order valence-electron chi connectivity index (χ3n) is 3.58. The first kappa shape index (κ1) is 16.7. The van der Waals surface area contributed by atoms with Gasteiger partial charge in [0.2, 0.25) is 0 Å². The minimum Gasteiger partial charge on any atom is -0.365 e. The number of benzene rings is 2. The van der Waals surface area contributed by atoms with Crippen LogP contribution in [0.2, 0.25) is 5.02 Å². The van der Waals surface area contributed by atoms with Crippen LogP contribution >= 0.6 is 11.6 Å². The predicted octanol–water partition coefficient (Wildman–Crippen LogP) is 4.93. The SMILES string of the molecule is C=CCNc1nc(-c2ccccc2)nc(-c2ccc(Cl)cc2)c1C#N. The lowest BCUT2D eigenvalue weighted by atomic mass is 10.1. The second kappa shape index (κ2) is 7.61. The average molecular weight is 347 g/mol. The van der Waals surface area contributed by atoms with Crippen molar-refractivity contribution >= 4 is 17.4 Å². The van der Waals surface area contributed by atoms with Gasteiger partial charge in [-0.15, -0.1) is 6.58 Å². The second-order valence-corrected chi connectivity index (χ2v) is 5.71. The number of halogens is 1. The molecule has 0 fully saturated rings. The minimum absolute atomic E-state index is 0.392. The molecule has 25 heavy (non-hydrogen) atoms. The van der Waals surface area contributed by atoms with E-state index in [1.54, 1.807) is 18.2 Å². The Morgan fingerprint density at radius 3 is 2.40 bits per heavy atom. The van der Waals surface area contributed by atoms with Crippen molar-refractivity contribution in [3.63, 3.8) is 0 Å². The van der Waals surface area contributed by atoms with E-state index >= 15 is 0 Å². The molecule has 1 N–H and O–H groups in total. The molecular weight excluding hydrogens is 332 g/mol. The molecule has 0 amide bonds. The smallest absolute Gasteiger partial charge is 0.162 e. The van der Waals surface area contributed by atoms with Crippen molar-refractivity contribution in [3.8, 4) is 28.7 Å². The van der Waals surface area contributed by atoms with Crippen LogP contribution in [0, 0.1) is 11.3 Å². The van der Waals surface area contributed by atoms with Crippen LogP contribution in [0.25, 0.3) is 22.6 Å². The van der Waals surface area contributed by atoms with Crippen molar-refractivity contribution in [2.45, 2.75) is 0 Å². The summed E-state index contributed by atoms with van der Waals surface area (Å²) in [5.74, 6) is 1.04. The Morgan fingerprint density at radius 2 is 1.76 bits per heavy atom. The van der Waals surface area contributed by atoms with Gasteiger partial charge in [0.25, 0.3) is 0 Å². The zero-order chi connectivity index (χ0) is 17.6. The van der Waals surface area contributed by atoms with Gasteiger partial charge in [0.15, 0.2) is 5.82 Å². The van der Waals surface area contributed by atoms with Crippen LogP contribution in [0.1, 0.15) is 5.56 Å². The minimum atomic E-state index is 0.392. The van der Waals surface area contributed by atoms with Gasteiger partial charge in [-0.2, -0.15) is 5.26 Å². The molecule has 122 valence electrons. The third-order valence-corrected chi connectivity index (χ3v) is 3.84. The molecule has 4 nitrogen and oxygen atoms in total. The van der Waals surface area contributed by atoms with E-state index in [0.29, 0.717) is 34.5 Å². The van der Waals surface area contributed by atoms with E-state index in [9.17, 15) is 5.26 Å². The van der Waals surface area contributed by atoms with Crippen molar-refractivity contribution in [1.82, 2.24) is 9.97 Å². The highest BCUT2D eigenvalue weighted by Crippen LogP contribution is 2.29. The number of nitrogens with zero attached hydrogens (tertiary/aromatic N) is 3. The Kier molecular flexibility index (Phi) is 5.08. The zero-order valence-corrected chi connectivity index (χ0v) is 14.2. The lowest BCUT2D eigenvalue weighted by Gasteiger charge is -2.12. The Bertz CT molecular complexity index is 928. The standard InChI is InChI=1S/C20H15ClN4/c1-2-12-23-20-17(13-22)18(14-8-10-16(21)11-9-14)24-19(25-20)15-6-4-3-5-7-15/h2-11H,1,12H2,(H,23,24,25). The zero-order valence-electron chi connectivity index (χ0n) is 13.4. The van der Waals surface area contributed by atoms with Crippen LogP contribution < -0.4 is 5.32 Å². The summed E-state index contributed by atoms with van der Waals surface area (Å²) in [4.78, 5) is 9.18. The van der Waals surface area contributed by atoms with Crippen molar-refractivity contribution in [3.05, 3.63) is 77.8 Å². The van der Waals surface area contributed by atoms with Crippen LogP contribution in [-0.4, -0.2) is 16.5 Å². The van der Waals surface area contributed by atoms with E-state index in [1.165, 1.54) is 0 Å². The second-order valence-electron chi connectivity index (χ2n) is 5.27. The topological polar surface area (TPSA) is 61.6 Å². The maximum absolute atomic E-state index is 9.65. The number of rotatable bonds is 5. The fraction of sp³-hybridized carbons (Fsp3) is 0.0500. The van der Waals surface area contributed by atoms with E-state index in [4.69, 9.17) is 11.6 Å². The molecule has 0 aliphatic rings. The number of aromatic nitrogens is 2. The molecule has 3 aromatic rings. The van der Waals surface area contributed by atoms with Crippen LogP contribution in [0.5, 0.6) is 0 Å². The summed E-state index contributed by atoms with van der Waals surface area (Å²) < 4.78 is 0. The number of anilines is 1. The maximum atomic E-state index is 9.65. The van der Waals surface area contributed by atoms with Gasteiger partial charge in [0.1, 0.15) is 17.5 Å². The van der Waals surface area contributed by atoms with Crippen molar-refractivity contribution < 1.29 is 0 Å². The molecule has 0 aliphatic carbocycles. The highest BCUT2D eigenvalue weighted by Gasteiger charge is 2.16. The van der Waals surface area contributed by atoms with Crippen LogP contribution in [0.4, 0.5) is 5.82 Å². The van der Waals surface area contributed by atoms with E-state index < -0.39 is 0 Å². The molecule has 0 saturated heterocycles. The van der Waals surface area contributed by atoms with Gasteiger partial charge in [-0.3, -0.25) is 0 Å². The van der Waals surface area contributed by atoms with E-state index in [0.717, 1.165) is 11.1 Å². The van der Waals surface area contributed by atoms with Crippen LogP contribution in [0.15, 0.2) is 67.3 Å². The highest BCUT2D eigenvalue weighted by molar-refractivity contribution is 6.30. The normalized spacial score (nSPS) is 10.1. The van der Waals surface area contributed by atoms with E-state index in [-0.39, 0.29) is 0 Å². The van der Waals surface area contributed by atoms with Gasteiger partial charge >= 0.3 is 0 Å². The van der Waals surface area contributed by atoms with E-state index in [1.807, 2.05) is 42.5 Å². The lowest BCUT2D eigenvalue weighted by molar-refractivity contribution is 1.14. The lowest BCUT2D eigenvalue weighted by Crippen LogP contribution is -2.07. The third kappa shape index (κ3) is 3.68. The van der Waals surface area contributed by atoms with Crippen molar-refractivity contribution in [1.29, 1.82) is 5.26 Å². The highest BCUT2D eigenvalue weighted by atomic mass is 35.5. The summed E-state index contributed by atoms with van der Waals surface area (Å²) >= 11 is 5.98. The molecule has 1 heterocycles. The summed E-state index contributed by atoms with van der Waals surface area (Å²) in [6, 6.07) is 19.1. The molecule has 2 aromatic carbocycles. The average Bonchev–Trinajstić information content (AvgIpc) is 2.67.